The molecule has 0 saturated heterocycles. The minimum atomic E-state index is -0.798. The maximum Gasteiger partial charge on any atom is 0.374 e. The van der Waals surface area contributed by atoms with E-state index in [-0.39, 0.29) is 11.3 Å². The molecule has 0 fully saturated rings. The zero-order valence-corrected chi connectivity index (χ0v) is 18.4. The van der Waals surface area contributed by atoms with Crippen LogP contribution in [-0.2, 0) is 20.9 Å². The zero-order valence-electron chi connectivity index (χ0n) is 17.6. The first kappa shape index (κ1) is 22.9. The van der Waals surface area contributed by atoms with Crippen molar-refractivity contribution in [1.82, 2.24) is 0 Å². The van der Waals surface area contributed by atoms with E-state index in [9.17, 15) is 9.59 Å². The van der Waals surface area contributed by atoms with E-state index in [1.165, 1.54) is 25.3 Å². The molecular weight excluding hydrogens is 430 g/mol. The van der Waals surface area contributed by atoms with Gasteiger partial charge in [0.15, 0.2) is 0 Å². The maximum absolute atomic E-state index is 12.5. The topological polar surface area (TPSA) is 87.8 Å². The monoisotopic (exact) mass is 451 g/mol. The summed E-state index contributed by atoms with van der Waals surface area (Å²) in [4.78, 5) is 24.7. The summed E-state index contributed by atoms with van der Waals surface area (Å²) in [6, 6.07) is 19.2. The van der Waals surface area contributed by atoms with E-state index in [1.807, 2.05) is 37.3 Å². The zero-order chi connectivity index (χ0) is 23.1. The number of halogens is 1. The fourth-order valence-electron chi connectivity index (χ4n) is 2.86. The van der Waals surface area contributed by atoms with Gasteiger partial charge < -0.3 is 19.9 Å². The highest BCUT2D eigenvalue weighted by Crippen LogP contribution is 2.29. The van der Waals surface area contributed by atoms with Gasteiger partial charge >= 0.3 is 11.9 Å². The van der Waals surface area contributed by atoms with E-state index in [1.54, 1.807) is 24.3 Å². The van der Waals surface area contributed by atoms with Gasteiger partial charge in [-0.05, 0) is 66.1 Å². The molecule has 7 heteroatoms. The molecule has 3 aromatic rings. The molecule has 32 heavy (non-hydrogen) atoms. The SMILES string of the molecule is COC(=O)/C(=C\c1cc(C)c(N)c(OCc2ccccc2)c1)OC(=O)c1ccc(Cl)cc1. The number of methoxy groups -OCH3 is 1. The molecule has 0 aliphatic rings. The lowest BCUT2D eigenvalue weighted by atomic mass is 10.1. The standard InChI is InChI=1S/C25H22ClNO5/c1-16-12-18(13-21(23(16)27)31-15-17-6-4-3-5-7-17)14-22(25(29)30-2)32-24(28)19-8-10-20(26)11-9-19/h3-14H,15,27H2,1-2H3/b22-14+. The number of hydrogen-bond donors (Lipinski definition) is 1. The molecule has 2 N–H and O–H groups in total. The highest BCUT2D eigenvalue weighted by molar-refractivity contribution is 6.30. The number of aryl methyl sites for hydroxylation is 1. The van der Waals surface area contributed by atoms with Crippen LogP contribution in [0.15, 0.2) is 72.5 Å². The average Bonchev–Trinajstić information content (AvgIpc) is 2.80. The van der Waals surface area contributed by atoms with Gasteiger partial charge in [0, 0.05) is 5.02 Å². The number of carbonyl (C=O) groups is 2. The van der Waals surface area contributed by atoms with E-state index in [2.05, 4.69) is 0 Å². The lowest BCUT2D eigenvalue weighted by Crippen LogP contribution is -2.13. The summed E-state index contributed by atoms with van der Waals surface area (Å²) in [6.45, 7) is 2.15. The molecule has 3 aromatic carbocycles. The van der Waals surface area contributed by atoms with Crippen molar-refractivity contribution in [3.63, 3.8) is 0 Å². The van der Waals surface area contributed by atoms with Crippen molar-refractivity contribution >= 4 is 35.3 Å². The van der Waals surface area contributed by atoms with Gasteiger partial charge in [-0.15, -0.1) is 0 Å². The van der Waals surface area contributed by atoms with Gasteiger partial charge in [0.05, 0.1) is 18.4 Å². The second-order valence-electron chi connectivity index (χ2n) is 6.92. The number of nitrogens with two attached hydrogens (primary N) is 1. The van der Waals surface area contributed by atoms with Crippen LogP contribution in [0.3, 0.4) is 0 Å². The molecule has 0 unspecified atom stereocenters. The predicted molar refractivity (Wildman–Crippen MR) is 123 cm³/mol. The number of rotatable bonds is 7. The second kappa shape index (κ2) is 10.5. The fourth-order valence-corrected chi connectivity index (χ4v) is 2.98. The molecule has 0 aliphatic carbocycles. The van der Waals surface area contributed by atoms with Crippen molar-refractivity contribution in [3.05, 3.63) is 99.8 Å². The lowest BCUT2D eigenvalue weighted by Gasteiger charge is -2.13. The van der Waals surface area contributed by atoms with Crippen LogP contribution in [0.5, 0.6) is 5.75 Å². The third-order valence-electron chi connectivity index (χ3n) is 4.58. The minimum absolute atomic E-state index is 0.240. The normalized spacial score (nSPS) is 11.0. The van der Waals surface area contributed by atoms with Gasteiger partial charge in [-0.25, -0.2) is 9.59 Å². The van der Waals surface area contributed by atoms with Gasteiger partial charge in [0.25, 0.3) is 0 Å². The number of ether oxygens (including phenoxy) is 3. The number of hydrogen-bond acceptors (Lipinski definition) is 6. The third kappa shape index (κ3) is 5.89. The number of esters is 2. The molecule has 0 amide bonds. The minimum Gasteiger partial charge on any atom is -0.487 e. The van der Waals surface area contributed by atoms with Crippen LogP contribution in [0.25, 0.3) is 6.08 Å². The van der Waals surface area contributed by atoms with E-state index in [0.29, 0.717) is 28.6 Å². The summed E-state index contributed by atoms with van der Waals surface area (Å²) in [5.74, 6) is -1.33. The summed E-state index contributed by atoms with van der Waals surface area (Å²) in [7, 11) is 1.20. The number of carbonyl (C=O) groups excluding carboxylic acids is 2. The Kier molecular flexibility index (Phi) is 7.52. The smallest absolute Gasteiger partial charge is 0.374 e. The quantitative estimate of drug-likeness (QED) is 0.230. The Morgan fingerprint density at radius 1 is 1.03 bits per heavy atom. The van der Waals surface area contributed by atoms with Gasteiger partial charge in [-0.2, -0.15) is 0 Å². The fraction of sp³-hybridized carbons (Fsp3) is 0.120. The first-order valence-electron chi connectivity index (χ1n) is 9.72. The summed E-state index contributed by atoms with van der Waals surface area (Å²) in [6.07, 6.45) is 1.40. The molecule has 0 atom stereocenters. The van der Waals surface area contributed by atoms with Crippen molar-refractivity contribution < 1.29 is 23.8 Å². The number of nitrogen functional groups attached to an aromatic ring is 1. The molecule has 164 valence electrons. The van der Waals surface area contributed by atoms with E-state index >= 15 is 0 Å². The van der Waals surface area contributed by atoms with Crippen LogP contribution in [0.4, 0.5) is 5.69 Å². The Bertz CT molecular complexity index is 1140. The number of anilines is 1. The van der Waals surface area contributed by atoms with Crippen molar-refractivity contribution in [2.24, 2.45) is 0 Å². The van der Waals surface area contributed by atoms with E-state index in [0.717, 1.165) is 11.1 Å². The van der Waals surface area contributed by atoms with Crippen LogP contribution < -0.4 is 10.5 Å². The van der Waals surface area contributed by atoms with Gasteiger partial charge in [0.1, 0.15) is 12.4 Å². The van der Waals surface area contributed by atoms with Crippen LogP contribution in [0, 0.1) is 6.92 Å². The Labute approximate surface area is 191 Å². The van der Waals surface area contributed by atoms with Crippen LogP contribution in [0.1, 0.15) is 27.0 Å². The Morgan fingerprint density at radius 2 is 1.72 bits per heavy atom. The molecule has 6 nitrogen and oxygen atoms in total. The van der Waals surface area contributed by atoms with E-state index in [4.69, 9.17) is 31.5 Å². The van der Waals surface area contributed by atoms with Crippen LogP contribution in [0.2, 0.25) is 5.02 Å². The summed E-state index contributed by atoms with van der Waals surface area (Å²) in [5, 5.41) is 0.477. The van der Waals surface area contributed by atoms with Gasteiger partial charge in [0.2, 0.25) is 5.76 Å². The Hall–Kier alpha value is -3.77. The first-order chi connectivity index (χ1) is 15.4. The molecule has 3 rings (SSSR count). The van der Waals surface area contributed by atoms with Crippen LogP contribution in [-0.4, -0.2) is 19.0 Å². The van der Waals surface area contributed by atoms with Gasteiger partial charge in [-0.3, -0.25) is 0 Å². The highest BCUT2D eigenvalue weighted by atomic mass is 35.5. The van der Waals surface area contributed by atoms with Crippen molar-refractivity contribution in [2.75, 3.05) is 12.8 Å². The van der Waals surface area contributed by atoms with Crippen molar-refractivity contribution in [1.29, 1.82) is 0 Å². The first-order valence-corrected chi connectivity index (χ1v) is 10.1. The third-order valence-corrected chi connectivity index (χ3v) is 4.83. The van der Waals surface area contributed by atoms with Gasteiger partial charge in [-0.1, -0.05) is 41.9 Å². The summed E-state index contributed by atoms with van der Waals surface area (Å²) < 4.78 is 16.0. The average molecular weight is 452 g/mol. The second-order valence-corrected chi connectivity index (χ2v) is 7.36. The molecule has 0 heterocycles. The molecule has 0 aliphatic heterocycles. The molecule has 0 radical (unpaired) electrons. The van der Waals surface area contributed by atoms with Crippen molar-refractivity contribution in [3.8, 4) is 5.75 Å². The van der Waals surface area contributed by atoms with Crippen molar-refractivity contribution in [2.45, 2.75) is 13.5 Å². The molecule has 0 saturated carbocycles. The molecular formula is C25H22ClNO5. The highest BCUT2D eigenvalue weighted by Gasteiger charge is 2.18. The van der Waals surface area contributed by atoms with E-state index < -0.39 is 11.9 Å². The predicted octanol–water partition coefficient (Wildman–Crippen LogP) is 5.18. The lowest BCUT2D eigenvalue weighted by molar-refractivity contribution is -0.139. The maximum atomic E-state index is 12.5. The largest absolute Gasteiger partial charge is 0.487 e. The molecule has 0 bridgehead atoms. The number of benzene rings is 3. The molecule has 0 aromatic heterocycles. The van der Waals surface area contributed by atoms with Crippen LogP contribution >= 0.6 is 11.6 Å². The summed E-state index contributed by atoms with van der Waals surface area (Å²) >= 11 is 5.85. The Morgan fingerprint density at radius 3 is 2.38 bits per heavy atom. The Balaban J connectivity index is 1.87. The summed E-state index contributed by atoms with van der Waals surface area (Å²) in [5.41, 5.74) is 9.18. The molecule has 0 spiro atoms.